The molecule has 3 aromatic carbocycles. The summed E-state index contributed by atoms with van der Waals surface area (Å²) in [6.07, 6.45) is 1.16. The summed E-state index contributed by atoms with van der Waals surface area (Å²) in [6.45, 7) is 4.72. The number of imidazole rings is 1. The Morgan fingerprint density at radius 3 is 2.33 bits per heavy atom. The Morgan fingerprint density at radius 2 is 1.64 bits per heavy atom. The van der Waals surface area contributed by atoms with Crippen LogP contribution < -0.4 is 19.9 Å². The maximum Gasteiger partial charge on any atom is 0.327 e. The van der Waals surface area contributed by atoms with Crippen LogP contribution in [0.4, 0.5) is 0 Å². The van der Waals surface area contributed by atoms with Crippen LogP contribution in [0.25, 0.3) is 22.2 Å². The van der Waals surface area contributed by atoms with Gasteiger partial charge in [-0.15, -0.1) is 0 Å². The van der Waals surface area contributed by atoms with E-state index in [0.29, 0.717) is 41.3 Å². The molecule has 0 spiro atoms. The third-order valence-corrected chi connectivity index (χ3v) is 6.78. The van der Waals surface area contributed by atoms with Crippen LogP contribution in [-0.4, -0.2) is 50.3 Å². The van der Waals surface area contributed by atoms with Gasteiger partial charge >= 0.3 is 5.69 Å². The molecule has 0 fully saturated rings. The number of sulfone groups is 1. The smallest absolute Gasteiger partial charge is 0.327 e. The summed E-state index contributed by atoms with van der Waals surface area (Å²) >= 11 is 0. The van der Waals surface area contributed by atoms with Gasteiger partial charge in [-0.05, 0) is 55.3 Å². The molecular weight excluding hydrogens is 480 g/mol. The monoisotopic (exact) mass is 510 g/mol. The number of hydrogen-bond donors (Lipinski definition) is 1. The molecule has 0 radical (unpaired) electrons. The fourth-order valence-electron chi connectivity index (χ4n) is 4.37. The van der Waals surface area contributed by atoms with Gasteiger partial charge in [0, 0.05) is 11.8 Å². The van der Waals surface area contributed by atoms with Gasteiger partial charge in [-0.2, -0.15) is 0 Å². The number of rotatable bonds is 10. The van der Waals surface area contributed by atoms with Crippen LogP contribution in [-0.2, 0) is 9.84 Å². The van der Waals surface area contributed by atoms with Crippen molar-refractivity contribution in [2.45, 2.75) is 19.9 Å². The zero-order valence-electron chi connectivity index (χ0n) is 20.8. The standard InChI is InChI=1S/C27H30N2O6S/c1-5-34-24-10-8-7-9-20(24)18-11-13-22-21(15-18)28-27(30)29(22)23(17-36(4,31)32)19-12-14-25(33-3)26(16-19)35-6-2/h7-16,23H,5-6,17H2,1-4H3,(H,28,30). The van der Waals surface area contributed by atoms with Gasteiger partial charge in [-0.25, -0.2) is 13.2 Å². The molecule has 4 rings (SSSR count). The lowest BCUT2D eigenvalue weighted by atomic mass is 10.0. The third kappa shape index (κ3) is 5.26. The normalized spacial score (nSPS) is 12.4. The van der Waals surface area contributed by atoms with E-state index >= 15 is 0 Å². The van der Waals surface area contributed by atoms with Crippen LogP contribution in [0.2, 0.25) is 0 Å². The van der Waals surface area contributed by atoms with Crippen LogP contribution in [0.5, 0.6) is 17.2 Å². The van der Waals surface area contributed by atoms with Crippen LogP contribution in [0, 0.1) is 0 Å². The summed E-state index contributed by atoms with van der Waals surface area (Å²) in [5.41, 5.74) is 3.20. The Labute approximate surface area is 210 Å². The second-order valence-electron chi connectivity index (χ2n) is 8.41. The molecule has 0 saturated carbocycles. The summed E-state index contributed by atoms with van der Waals surface area (Å²) < 4.78 is 43.2. The van der Waals surface area contributed by atoms with Gasteiger partial charge in [0.1, 0.15) is 15.6 Å². The van der Waals surface area contributed by atoms with E-state index in [4.69, 9.17) is 14.2 Å². The van der Waals surface area contributed by atoms with Gasteiger partial charge in [0.05, 0.1) is 43.2 Å². The van der Waals surface area contributed by atoms with Crippen molar-refractivity contribution >= 4 is 20.9 Å². The third-order valence-electron chi connectivity index (χ3n) is 5.86. The molecule has 1 N–H and O–H groups in total. The number of aromatic nitrogens is 2. The van der Waals surface area contributed by atoms with E-state index in [-0.39, 0.29) is 5.75 Å². The van der Waals surface area contributed by atoms with Gasteiger partial charge < -0.3 is 19.2 Å². The lowest BCUT2D eigenvalue weighted by Gasteiger charge is -2.20. The van der Waals surface area contributed by atoms with Crippen molar-refractivity contribution < 1.29 is 22.6 Å². The predicted molar refractivity (Wildman–Crippen MR) is 141 cm³/mol. The Morgan fingerprint density at radius 1 is 0.917 bits per heavy atom. The van der Waals surface area contributed by atoms with E-state index in [2.05, 4.69) is 4.98 Å². The number of methoxy groups -OCH3 is 1. The molecule has 0 aliphatic rings. The summed E-state index contributed by atoms with van der Waals surface area (Å²) in [5.74, 6) is 1.51. The van der Waals surface area contributed by atoms with Crippen molar-refractivity contribution in [3.05, 3.63) is 76.7 Å². The van der Waals surface area contributed by atoms with E-state index in [1.54, 1.807) is 18.2 Å². The first-order valence-electron chi connectivity index (χ1n) is 11.7. The number of aromatic amines is 1. The highest BCUT2D eigenvalue weighted by molar-refractivity contribution is 7.90. The molecule has 1 atom stereocenters. The minimum absolute atomic E-state index is 0.257. The minimum atomic E-state index is -3.45. The van der Waals surface area contributed by atoms with Crippen LogP contribution in [0.3, 0.4) is 0 Å². The Balaban J connectivity index is 1.87. The molecule has 0 aliphatic carbocycles. The highest BCUT2D eigenvalue weighted by Gasteiger charge is 2.25. The Kier molecular flexibility index (Phi) is 7.40. The zero-order chi connectivity index (χ0) is 25.9. The van der Waals surface area contributed by atoms with Gasteiger partial charge in [-0.3, -0.25) is 4.57 Å². The molecule has 4 aromatic rings. The maximum atomic E-state index is 13.2. The fourth-order valence-corrected chi connectivity index (χ4v) is 5.29. The van der Waals surface area contributed by atoms with Gasteiger partial charge in [0.2, 0.25) is 0 Å². The molecular formula is C27H30N2O6S. The van der Waals surface area contributed by atoms with Crippen molar-refractivity contribution in [3.63, 3.8) is 0 Å². The van der Waals surface area contributed by atoms with Crippen LogP contribution in [0.1, 0.15) is 25.5 Å². The molecule has 0 bridgehead atoms. The van der Waals surface area contributed by atoms with Crippen molar-refractivity contribution in [1.82, 2.24) is 9.55 Å². The second-order valence-corrected chi connectivity index (χ2v) is 10.6. The first-order chi connectivity index (χ1) is 17.3. The SMILES string of the molecule is CCOc1cc(C(CS(C)(=O)=O)n2c(=O)[nH]c3cc(-c4ccccc4OCC)ccc32)ccc1OC. The summed E-state index contributed by atoms with van der Waals surface area (Å²) in [7, 11) is -1.91. The summed E-state index contributed by atoms with van der Waals surface area (Å²) in [4.78, 5) is 16.1. The number of fused-ring (bicyclic) bond motifs is 1. The van der Waals surface area contributed by atoms with Gasteiger partial charge in [0.15, 0.2) is 11.5 Å². The number of ether oxygens (including phenoxy) is 3. The number of hydrogen-bond acceptors (Lipinski definition) is 6. The summed E-state index contributed by atoms with van der Waals surface area (Å²) in [6, 6.07) is 17.7. The van der Waals surface area contributed by atoms with E-state index < -0.39 is 21.6 Å². The minimum Gasteiger partial charge on any atom is -0.493 e. The number of nitrogens with zero attached hydrogens (tertiary/aromatic N) is 1. The van der Waals surface area contributed by atoms with Crippen LogP contribution in [0.15, 0.2) is 65.5 Å². The van der Waals surface area contributed by atoms with E-state index in [1.807, 2.05) is 56.3 Å². The number of H-pyrrole nitrogens is 1. The molecule has 36 heavy (non-hydrogen) atoms. The summed E-state index contributed by atoms with van der Waals surface area (Å²) in [5, 5.41) is 0. The molecule has 1 unspecified atom stereocenters. The lowest BCUT2D eigenvalue weighted by Crippen LogP contribution is -2.28. The zero-order valence-corrected chi connectivity index (χ0v) is 21.6. The number of benzene rings is 3. The van der Waals surface area contributed by atoms with E-state index in [1.165, 1.54) is 11.7 Å². The molecule has 1 aromatic heterocycles. The molecule has 1 heterocycles. The van der Waals surface area contributed by atoms with Crippen LogP contribution >= 0.6 is 0 Å². The number of para-hydroxylation sites is 1. The van der Waals surface area contributed by atoms with E-state index in [9.17, 15) is 13.2 Å². The topological polar surface area (TPSA) is 99.6 Å². The number of nitrogens with one attached hydrogen (secondary N) is 1. The molecule has 190 valence electrons. The second kappa shape index (κ2) is 10.5. The molecule has 0 saturated heterocycles. The van der Waals surface area contributed by atoms with Crippen molar-refractivity contribution in [1.29, 1.82) is 0 Å². The molecule has 9 heteroatoms. The fraction of sp³-hybridized carbons (Fsp3) is 0.296. The molecule has 0 aliphatic heterocycles. The highest BCUT2D eigenvalue weighted by atomic mass is 32.2. The first kappa shape index (κ1) is 25.4. The Hall–Kier alpha value is -3.72. The molecule has 8 nitrogen and oxygen atoms in total. The predicted octanol–water partition coefficient (Wildman–Crippen LogP) is 4.44. The van der Waals surface area contributed by atoms with Gasteiger partial charge in [0.25, 0.3) is 0 Å². The maximum absolute atomic E-state index is 13.2. The largest absolute Gasteiger partial charge is 0.493 e. The first-order valence-corrected chi connectivity index (χ1v) is 13.8. The average Bonchev–Trinajstić information content (AvgIpc) is 3.17. The highest BCUT2D eigenvalue weighted by Crippen LogP contribution is 2.35. The lowest BCUT2D eigenvalue weighted by molar-refractivity contribution is 0.310. The van der Waals surface area contributed by atoms with E-state index in [0.717, 1.165) is 23.1 Å². The average molecular weight is 511 g/mol. The van der Waals surface area contributed by atoms with Gasteiger partial charge in [-0.1, -0.05) is 30.3 Å². The van der Waals surface area contributed by atoms with Crippen molar-refractivity contribution in [2.75, 3.05) is 32.3 Å². The van der Waals surface area contributed by atoms with Crippen molar-refractivity contribution in [2.24, 2.45) is 0 Å². The van der Waals surface area contributed by atoms with Crippen molar-refractivity contribution in [3.8, 4) is 28.4 Å². The molecule has 0 amide bonds. The Bertz CT molecular complexity index is 1540. The quantitative estimate of drug-likeness (QED) is 0.339.